The second-order valence-electron chi connectivity index (χ2n) is 8.30. The van der Waals surface area contributed by atoms with E-state index in [9.17, 15) is 14.0 Å². The second-order valence-corrected chi connectivity index (χ2v) is 9.36. The number of unbranched alkanes of at least 4 members (excludes halogenated alkanes) is 1. The molecule has 1 N–H and O–H groups in total. The van der Waals surface area contributed by atoms with Gasteiger partial charge in [0.25, 0.3) is 5.56 Å². The molecule has 31 heavy (non-hydrogen) atoms. The van der Waals surface area contributed by atoms with Crippen molar-refractivity contribution in [3.05, 3.63) is 57.3 Å². The maximum Gasteiger partial charge on any atom is 0.257 e. The highest BCUT2D eigenvalue weighted by atomic mass is 32.2. The van der Waals surface area contributed by atoms with Crippen molar-refractivity contribution < 1.29 is 9.18 Å². The molecule has 1 aliphatic carbocycles. The van der Waals surface area contributed by atoms with Crippen molar-refractivity contribution in [3.8, 4) is 0 Å². The molecule has 1 aromatic heterocycles. The van der Waals surface area contributed by atoms with Crippen molar-refractivity contribution in [1.82, 2.24) is 14.9 Å². The number of rotatable bonds is 9. The van der Waals surface area contributed by atoms with Gasteiger partial charge in [0.15, 0.2) is 5.16 Å². The lowest BCUT2D eigenvalue weighted by molar-refractivity contribution is -0.122. The van der Waals surface area contributed by atoms with E-state index in [2.05, 4.69) is 10.3 Å². The molecule has 0 bridgehead atoms. The molecule has 0 spiro atoms. The Hall–Kier alpha value is -2.15. The number of aryl methyl sites for hydroxylation is 1. The number of carbonyl (C=O) groups excluding carboxylic acids is 1. The molecule has 2 aromatic rings. The monoisotopic (exact) mass is 445 g/mol. The Morgan fingerprint density at radius 1 is 1.23 bits per heavy atom. The molecular formula is C24H32FN3O2S. The summed E-state index contributed by atoms with van der Waals surface area (Å²) in [4.78, 5) is 29.5. The highest BCUT2D eigenvalue weighted by Crippen LogP contribution is 2.20. The molecule has 0 unspecified atom stereocenters. The van der Waals surface area contributed by atoms with E-state index in [0.717, 1.165) is 31.4 Å². The van der Waals surface area contributed by atoms with Gasteiger partial charge < -0.3 is 5.32 Å². The van der Waals surface area contributed by atoms with Crippen LogP contribution in [0.2, 0.25) is 0 Å². The second kappa shape index (κ2) is 11.5. The summed E-state index contributed by atoms with van der Waals surface area (Å²) in [5, 5.41) is 3.81. The fraction of sp³-hybridized carbons (Fsp3) is 0.542. The van der Waals surface area contributed by atoms with Gasteiger partial charge in [0, 0.05) is 42.9 Å². The fourth-order valence-electron chi connectivity index (χ4n) is 3.99. The Morgan fingerprint density at radius 2 is 1.97 bits per heavy atom. The molecule has 1 heterocycles. The molecule has 1 fully saturated rings. The van der Waals surface area contributed by atoms with E-state index in [-0.39, 0.29) is 23.7 Å². The predicted molar refractivity (Wildman–Crippen MR) is 123 cm³/mol. The molecule has 1 aromatic carbocycles. The summed E-state index contributed by atoms with van der Waals surface area (Å²) in [6.07, 6.45) is 8.41. The van der Waals surface area contributed by atoms with Gasteiger partial charge in [-0.05, 0) is 44.2 Å². The minimum Gasteiger partial charge on any atom is -0.353 e. The summed E-state index contributed by atoms with van der Waals surface area (Å²) in [5.74, 6) is 0.633. The lowest BCUT2D eigenvalue weighted by Crippen LogP contribution is -2.35. The number of halogens is 1. The van der Waals surface area contributed by atoms with E-state index in [4.69, 9.17) is 0 Å². The summed E-state index contributed by atoms with van der Waals surface area (Å²) in [6, 6.07) is 6.87. The molecule has 1 amide bonds. The number of nitrogens with one attached hydrogen (secondary N) is 1. The Kier molecular flexibility index (Phi) is 8.69. The standard InChI is InChI=1S/C24H32FN3O2S/c1-17-20(16-18-10-6-7-13-21(18)25)23(30)28(2)24(26-17)31-15-9-8-14-22(29)27-19-11-4-3-5-12-19/h6-7,10,13,19H,3-5,8-9,11-12,14-16H2,1-2H3,(H,27,29). The Bertz CT molecular complexity index is 954. The fourth-order valence-corrected chi connectivity index (χ4v) is 5.00. The van der Waals surface area contributed by atoms with Crippen LogP contribution in [0.4, 0.5) is 4.39 Å². The first-order valence-corrected chi connectivity index (χ1v) is 12.2. The van der Waals surface area contributed by atoms with Gasteiger partial charge in [-0.3, -0.25) is 14.2 Å². The van der Waals surface area contributed by atoms with Crippen molar-refractivity contribution in [1.29, 1.82) is 0 Å². The maximum atomic E-state index is 14.0. The highest BCUT2D eigenvalue weighted by Gasteiger charge is 2.16. The summed E-state index contributed by atoms with van der Waals surface area (Å²) in [5.41, 5.74) is 1.53. The van der Waals surface area contributed by atoms with E-state index in [1.54, 1.807) is 36.7 Å². The first kappa shape index (κ1) is 23.5. The normalized spacial score (nSPS) is 14.5. The molecule has 3 rings (SSSR count). The third-order valence-electron chi connectivity index (χ3n) is 5.87. The molecule has 0 radical (unpaired) electrons. The number of benzene rings is 1. The van der Waals surface area contributed by atoms with Crippen LogP contribution in [0, 0.1) is 12.7 Å². The van der Waals surface area contributed by atoms with Crippen LogP contribution in [0.25, 0.3) is 0 Å². The molecule has 1 saturated carbocycles. The van der Waals surface area contributed by atoms with Crippen LogP contribution >= 0.6 is 11.8 Å². The minimum atomic E-state index is -0.310. The SMILES string of the molecule is Cc1nc(SCCCCC(=O)NC2CCCCC2)n(C)c(=O)c1Cc1ccccc1F. The van der Waals surface area contributed by atoms with Crippen LogP contribution in [0.15, 0.2) is 34.2 Å². The Balaban J connectivity index is 1.49. The molecule has 1 aliphatic rings. The first-order valence-electron chi connectivity index (χ1n) is 11.2. The molecule has 7 heteroatoms. The highest BCUT2D eigenvalue weighted by molar-refractivity contribution is 7.99. The first-order chi connectivity index (χ1) is 15.0. The number of hydrogen-bond donors (Lipinski definition) is 1. The number of nitrogens with zero attached hydrogens (tertiary/aromatic N) is 2. The third-order valence-corrected chi connectivity index (χ3v) is 6.99. The molecule has 0 aliphatic heterocycles. The van der Waals surface area contributed by atoms with E-state index >= 15 is 0 Å². The Labute approximate surface area is 187 Å². The average Bonchev–Trinajstić information content (AvgIpc) is 2.76. The topological polar surface area (TPSA) is 64.0 Å². The summed E-state index contributed by atoms with van der Waals surface area (Å²) < 4.78 is 15.5. The van der Waals surface area contributed by atoms with Gasteiger partial charge in [0.1, 0.15) is 5.82 Å². The smallest absolute Gasteiger partial charge is 0.257 e. The van der Waals surface area contributed by atoms with E-state index < -0.39 is 0 Å². The van der Waals surface area contributed by atoms with Crippen molar-refractivity contribution in [2.24, 2.45) is 7.05 Å². The van der Waals surface area contributed by atoms with Gasteiger partial charge >= 0.3 is 0 Å². The van der Waals surface area contributed by atoms with Crippen LogP contribution in [-0.2, 0) is 18.3 Å². The van der Waals surface area contributed by atoms with Crippen molar-refractivity contribution >= 4 is 17.7 Å². The lowest BCUT2D eigenvalue weighted by Gasteiger charge is -2.22. The van der Waals surface area contributed by atoms with Gasteiger partial charge in [0.05, 0.1) is 0 Å². The largest absolute Gasteiger partial charge is 0.353 e. The van der Waals surface area contributed by atoms with Crippen LogP contribution in [-0.4, -0.2) is 27.3 Å². The lowest BCUT2D eigenvalue weighted by atomic mass is 9.95. The quantitative estimate of drug-likeness (QED) is 0.350. The van der Waals surface area contributed by atoms with Crippen molar-refractivity contribution in [2.75, 3.05) is 5.75 Å². The maximum absolute atomic E-state index is 14.0. The van der Waals surface area contributed by atoms with Gasteiger partial charge in [-0.15, -0.1) is 0 Å². The van der Waals surface area contributed by atoms with Gasteiger partial charge in [-0.2, -0.15) is 0 Å². The number of aromatic nitrogens is 2. The average molecular weight is 446 g/mol. The summed E-state index contributed by atoms with van der Waals surface area (Å²) in [6.45, 7) is 1.80. The van der Waals surface area contributed by atoms with Crippen LogP contribution < -0.4 is 10.9 Å². The summed E-state index contributed by atoms with van der Waals surface area (Å²) in [7, 11) is 1.71. The third kappa shape index (κ3) is 6.66. The van der Waals surface area contributed by atoms with Crippen LogP contribution in [0.3, 0.4) is 0 Å². The molecule has 168 valence electrons. The molecule has 0 atom stereocenters. The number of amides is 1. The minimum absolute atomic E-state index is 0.134. The zero-order valence-electron chi connectivity index (χ0n) is 18.5. The number of carbonyl (C=O) groups is 1. The van der Waals surface area contributed by atoms with Gasteiger partial charge in [-0.1, -0.05) is 49.2 Å². The van der Waals surface area contributed by atoms with Crippen molar-refractivity contribution in [2.45, 2.75) is 75.9 Å². The predicted octanol–water partition coefficient (Wildman–Crippen LogP) is 4.53. The molecular weight excluding hydrogens is 413 g/mol. The Morgan fingerprint density at radius 3 is 2.71 bits per heavy atom. The zero-order valence-corrected chi connectivity index (χ0v) is 19.3. The molecule has 0 saturated heterocycles. The van der Waals surface area contributed by atoms with Gasteiger partial charge in [-0.25, -0.2) is 9.37 Å². The summed E-state index contributed by atoms with van der Waals surface area (Å²) >= 11 is 1.53. The van der Waals surface area contributed by atoms with Crippen molar-refractivity contribution in [3.63, 3.8) is 0 Å². The number of thioether (sulfide) groups is 1. The van der Waals surface area contributed by atoms with E-state index in [1.807, 2.05) is 0 Å². The van der Waals surface area contributed by atoms with Crippen LogP contribution in [0.1, 0.15) is 68.2 Å². The van der Waals surface area contributed by atoms with E-state index in [0.29, 0.717) is 34.4 Å². The number of hydrogen-bond acceptors (Lipinski definition) is 4. The van der Waals surface area contributed by atoms with Gasteiger partial charge in [0.2, 0.25) is 5.91 Å². The zero-order chi connectivity index (χ0) is 22.2. The van der Waals surface area contributed by atoms with Crippen LogP contribution in [0.5, 0.6) is 0 Å². The molecule has 5 nitrogen and oxygen atoms in total. The van der Waals surface area contributed by atoms with E-state index in [1.165, 1.54) is 37.1 Å².